The zero-order valence-electron chi connectivity index (χ0n) is 11.7. The van der Waals surface area contributed by atoms with E-state index in [4.69, 9.17) is 9.26 Å². The molecule has 1 aliphatic rings. The predicted molar refractivity (Wildman–Crippen MR) is 77.3 cm³/mol. The highest BCUT2D eigenvalue weighted by Gasteiger charge is 2.21. The van der Waals surface area contributed by atoms with Gasteiger partial charge in [-0.2, -0.15) is 0 Å². The molecular formula is C13H15N3O4S. The molecule has 7 nitrogen and oxygen atoms in total. The first-order valence-electron chi connectivity index (χ1n) is 6.40. The van der Waals surface area contributed by atoms with Crippen LogP contribution in [-0.4, -0.2) is 33.8 Å². The Hall–Kier alpha value is -2.22. The minimum atomic E-state index is -3.71. The van der Waals surface area contributed by atoms with Crippen molar-refractivity contribution in [3.05, 3.63) is 30.0 Å². The fourth-order valence-corrected chi connectivity index (χ4v) is 3.11. The van der Waals surface area contributed by atoms with Gasteiger partial charge in [0, 0.05) is 13.1 Å². The summed E-state index contributed by atoms with van der Waals surface area (Å²) in [6.07, 6.45) is 0. The Morgan fingerprint density at radius 3 is 2.86 bits per heavy atom. The van der Waals surface area contributed by atoms with Crippen LogP contribution in [0, 0.1) is 6.92 Å². The summed E-state index contributed by atoms with van der Waals surface area (Å²) in [5.74, 6) is 1.38. The monoisotopic (exact) mass is 309 g/mol. The lowest BCUT2D eigenvalue weighted by atomic mass is 10.2. The van der Waals surface area contributed by atoms with E-state index < -0.39 is 10.0 Å². The van der Waals surface area contributed by atoms with E-state index >= 15 is 0 Å². The summed E-state index contributed by atoms with van der Waals surface area (Å²) >= 11 is 0. The van der Waals surface area contributed by atoms with Crippen molar-refractivity contribution in [1.82, 2.24) is 5.16 Å². The molecule has 0 aliphatic carbocycles. The zero-order chi connectivity index (χ0) is 15.0. The molecule has 2 aromatic rings. The average Bonchev–Trinajstić information content (AvgIpc) is 2.83. The van der Waals surface area contributed by atoms with Gasteiger partial charge in [-0.25, -0.2) is 8.42 Å². The summed E-state index contributed by atoms with van der Waals surface area (Å²) in [4.78, 5) is 2.11. The molecule has 0 unspecified atom stereocenters. The second-order valence-electron chi connectivity index (χ2n) is 4.83. The quantitative estimate of drug-likeness (QED) is 0.927. The van der Waals surface area contributed by atoms with Crippen molar-refractivity contribution in [1.29, 1.82) is 0 Å². The molecule has 1 aromatic heterocycles. The van der Waals surface area contributed by atoms with Gasteiger partial charge in [0.2, 0.25) is 0 Å². The Morgan fingerprint density at radius 1 is 1.33 bits per heavy atom. The van der Waals surface area contributed by atoms with Gasteiger partial charge >= 0.3 is 0 Å². The second-order valence-corrected chi connectivity index (χ2v) is 6.51. The summed E-state index contributed by atoms with van der Waals surface area (Å²) in [6.45, 7) is 2.99. The van der Waals surface area contributed by atoms with Crippen LogP contribution in [0.1, 0.15) is 5.76 Å². The molecule has 0 amide bonds. The Labute approximate surface area is 122 Å². The molecule has 0 atom stereocenters. The third kappa shape index (κ3) is 2.66. The van der Waals surface area contributed by atoms with Crippen LogP contribution in [0.15, 0.2) is 33.7 Å². The van der Waals surface area contributed by atoms with E-state index in [0.717, 1.165) is 5.69 Å². The summed E-state index contributed by atoms with van der Waals surface area (Å²) < 4.78 is 37.4. The molecular weight excluding hydrogens is 294 g/mol. The molecule has 0 fully saturated rings. The molecule has 0 saturated heterocycles. The van der Waals surface area contributed by atoms with Gasteiger partial charge in [0.1, 0.15) is 18.1 Å². The highest BCUT2D eigenvalue weighted by Crippen LogP contribution is 2.33. The third-order valence-electron chi connectivity index (χ3n) is 3.20. The number of sulfonamides is 1. The van der Waals surface area contributed by atoms with Gasteiger partial charge < -0.3 is 14.2 Å². The van der Waals surface area contributed by atoms with Crippen molar-refractivity contribution >= 4 is 21.5 Å². The number of aryl methyl sites for hydroxylation is 1. The maximum Gasteiger partial charge on any atom is 0.263 e. The highest BCUT2D eigenvalue weighted by molar-refractivity contribution is 7.92. The number of nitrogens with zero attached hydrogens (tertiary/aromatic N) is 2. The van der Waals surface area contributed by atoms with Gasteiger partial charge in [-0.05, 0) is 25.1 Å². The Morgan fingerprint density at radius 2 is 2.14 bits per heavy atom. The van der Waals surface area contributed by atoms with Crippen LogP contribution in [0.2, 0.25) is 0 Å². The van der Waals surface area contributed by atoms with Crippen molar-refractivity contribution in [3.63, 3.8) is 0 Å². The lowest BCUT2D eigenvalue weighted by Crippen LogP contribution is -2.29. The molecule has 1 aromatic carbocycles. The molecule has 3 rings (SSSR count). The fraction of sp³-hybridized carbons (Fsp3) is 0.308. The maximum atomic E-state index is 12.4. The standard InChI is InChI=1S/C13H15N3O4S/c1-9-7-13(14-20-9)15-21(17,18)10-3-4-12-11(8-10)16(2)5-6-19-12/h3-4,7-8H,5-6H2,1-2H3,(H,14,15). The molecule has 0 saturated carbocycles. The number of hydrogen-bond acceptors (Lipinski definition) is 6. The number of benzene rings is 1. The van der Waals surface area contributed by atoms with E-state index in [1.807, 2.05) is 11.9 Å². The van der Waals surface area contributed by atoms with Gasteiger partial charge in [-0.15, -0.1) is 0 Å². The van der Waals surface area contributed by atoms with Crippen LogP contribution in [0.4, 0.5) is 11.5 Å². The van der Waals surface area contributed by atoms with Crippen molar-refractivity contribution in [2.24, 2.45) is 0 Å². The first-order valence-corrected chi connectivity index (χ1v) is 7.88. The number of ether oxygens (including phenoxy) is 1. The van der Waals surface area contributed by atoms with Crippen LogP contribution in [0.5, 0.6) is 5.75 Å². The van der Waals surface area contributed by atoms with Gasteiger partial charge in [0.05, 0.1) is 17.1 Å². The van der Waals surface area contributed by atoms with Crippen LogP contribution in [0.25, 0.3) is 0 Å². The number of fused-ring (bicyclic) bond motifs is 1. The van der Waals surface area contributed by atoms with Gasteiger partial charge in [-0.1, -0.05) is 5.16 Å². The minimum Gasteiger partial charge on any atom is -0.490 e. The molecule has 0 spiro atoms. The lowest BCUT2D eigenvalue weighted by molar-refractivity contribution is 0.311. The van der Waals surface area contributed by atoms with Crippen LogP contribution in [0.3, 0.4) is 0 Å². The smallest absolute Gasteiger partial charge is 0.263 e. The SMILES string of the molecule is Cc1cc(NS(=O)(=O)c2ccc3c(c2)N(C)CCO3)no1. The molecule has 1 aliphatic heterocycles. The molecule has 8 heteroatoms. The highest BCUT2D eigenvalue weighted by atomic mass is 32.2. The van der Waals surface area contributed by atoms with E-state index in [-0.39, 0.29) is 10.7 Å². The first kappa shape index (κ1) is 13.7. The van der Waals surface area contributed by atoms with Crippen molar-refractivity contribution in [2.45, 2.75) is 11.8 Å². The second kappa shape index (κ2) is 4.96. The van der Waals surface area contributed by atoms with Crippen molar-refractivity contribution < 1.29 is 17.7 Å². The van der Waals surface area contributed by atoms with Crippen LogP contribution >= 0.6 is 0 Å². The molecule has 21 heavy (non-hydrogen) atoms. The normalized spacial score (nSPS) is 14.5. The third-order valence-corrected chi connectivity index (χ3v) is 4.56. The molecule has 0 bridgehead atoms. The van der Waals surface area contributed by atoms with Gasteiger partial charge in [0.25, 0.3) is 10.0 Å². The molecule has 1 N–H and O–H groups in total. The van der Waals surface area contributed by atoms with E-state index in [0.29, 0.717) is 24.7 Å². The van der Waals surface area contributed by atoms with Crippen LogP contribution in [-0.2, 0) is 10.0 Å². The summed E-state index contributed by atoms with van der Waals surface area (Å²) in [5, 5.41) is 3.63. The maximum absolute atomic E-state index is 12.4. The van der Waals surface area contributed by atoms with E-state index in [1.54, 1.807) is 19.1 Å². The topological polar surface area (TPSA) is 84.7 Å². The number of rotatable bonds is 3. The van der Waals surface area contributed by atoms with E-state index in [1.165, 1.54) is 12.1 Å². The van der Waals surface area contributed by atoms with Crippen molar-refractivity contribution in [3.8, 4) is 5.75 Å². The fourth-order valence-electron chi connectivity index (χ4n) is 2.11. The van der Waals surface area contributed by atoms with E-state index in [2.05, 4.69) is 9.88 Å². The molecule has 112 valence electrons. The summed E-state index contributed by atoms with van der Waals surface area (Å²) in [5.41, 5.74) is 0.750. The number of nitrogens with one attached hydrogen (secondary N) is 1. The van der Waals surface area contributed by atoms with Crippen molar-refractivity contribution in [2.75, 3.05) is 29.8 Å². The average molecular weight is 309 g/mol. The predicted octanol–water partition coefficient (Wildman–Crippen LogP) is 1.61. The number of aromatic nitrogens is 1. The molecule has 0 radical (unpaired) electrons. The Kier molecular flexibility index (Phi) is 3.25. The minimum absolute atomic E-state index is 0.152. The number of anilines is 2. The lowest BCUT2D eigenvalue weighted by Gasteiger charge is -2.27. The number of hydrogen-bond donors (Lipinski definition) is 1. The largest absolute Gasteiger partial charge is 0.490 e. The summed E-state index contributed by atoms with van der Waals surface area (Å²) in [7, 11) is -1.82. The van der Waals surface area contributed by atoms with E-state index in [9.17, 15) is 8.42 Å². The van der Waals surface area contributed by atoms with Crippen LogP contribution < -0.4 is 14.4 Å². The van der Waals surface area contributed by atoms with Gasteiger partial charge in [-0.3, -0.25) is 4.72 Å². The Bertz CT molecular complexity index is 769. The summed E-state index contributed by atoms with van der Waals surface area (Å²) in [6, 6.07) is 6.27. The first-order chi connectivity index (χ1) is 9.95. The van der Waals surface area contributed by atoms with Gasteiger partial charge in [0.15, 0.2) is 5.82 Å². The Balaban J connectivity index is 1.94. The zero-order valence-corrected chi connectivity index (χ0v) is 12.5. The molecule has 2 heterocycles. The number of likely N-dealkylation sites (N-methyl/N-ethyl adjacent to an activating group) is 1.